The smallest absolute Gasteiger partial charge is 0.140 e. The minimum atomic E-state index is -0.633. The van der Waals surface area contributed by atoms with E-state index >= 15 is 0 Å². The first-order chi connectivity index (χ1) is 9.22. The van der Waals surface area contributed by atoms with Gasteiger partial charge >= 0.3 is 0 Å². The van der Waals surface area contributed by atoms with Crippen molar-refractivity contribution >= 4 is 27.4 Å². The fraction of sp³-hybridized carbons (Fsp3) is 0.667. The zero-order valence-electron chi connectivity index (χ0n) is 12.5. The van der Waals surface area contributed by atoms with Crippen molar-refractivity contribution in [2.75, 3.05) is 17.6 Å². The number of halogens is 1. The minimum Gasteiger partial charge on any atom is -0.397 e. The fourth-order valence-electron chi connectivity index (χ4n) is 2.53. The van der Waals surface area contributed by atoms with Gasteiger partial charge in [-0.05, 0) is 59.5 Å². The lowest BCUT2D eigenvalue weighted by Crippen LogP contribution is -2.42. The molecule has 0 amide bonds. The van der Waals surface area contributed by atoms with E-state index in [0.717, 1.165) is 41.5 Å². The third-order valence-corrected chi connectivity index (χ3v) is 5.39. The van der Waals surface area contributed by atoms with E-state index in [1.165, 1.54) is 0 Å². The van der Waals surface area contributed by atoms with E-state index in [1.54, 1.807) is 6.20 Å². The summed E-state index contributed by atoms with van der Waals surface area (Å²) >= 11 is 3.51. The van der Waals surface area contributed by atoms with Crippen LogP contribution in [0.15, 0.2) is 10.7 Å². The molecule has 0 spiro atoms. The Hall–Kier alpha value is -0.810. The lowest BCUT2D eigenvalue weighted by atomic mass is 9.71. The zero-order chi connectivity index (χ0) is 15.0. The summed E-state index contributed by atoms with van der Waals surface area (Å²) in [6, 6.07) is 0. The molecule has 1 heterocycles. The zero-order valence-corrected chi connectivity index (χ0v) is 14.0. The van der Waals surface area contributed by atoms with E-state index in [4.69, 9.17) is 5.73 Å². The van der Waals surface area contributed by atoms with Crippen molar-refractivity contribution in [2.45, 2.75) is 52.1 Å². The van der Waals surface area contributed by atoms with Crippen LogP contribution in [0.4, 0.5) is 11.5 Å². The topological polar surface area (TPSA) is 71.2 Å². The SMILES string of the molecule is Cc1c(N)cnc(NCC2(O)CCC(C)(C)CC2)c1Br. The normalized spacial score (nSPS) is 20.6. The van der Waals surface area contributed by atoms with Gasteiger partial charge in [-0.3, -0.25) is 0 Å². The molecule has 0 aromatic carbocycles. The maximum Gasteiger partial charge on any atom is 0.140 e. The van der Waals surface area contributed by atoms with Crippen molar-refractivity contribution in [3.8, 4) is 0 Å². The number of nitrogen functional groups attached to an aromatic ring is 1. The number of nitrogens with one attached hydrogen (secondary N) is 1. The molecule has 2 rings (SSSR count). The van der Waals surface area contributed by atoms with Gasteiger partial charge in [-0.15, -0.1) is 0 Å². The third kappa shape index (κ3) is 3.44. The van der Waals surface area contributed by atoms with E-state index in [9.17, 15) is 5.11 Å². The van der Waals surface area contributed by atoms with Crippen LogP contribution in [0.1, 0.15) is 45.1 Å². The number of anilines is 2. The first-order valence-corrected chi connectivity index (χ1v) is 7.89. The highest BCUT2D eigenvalue weighted by molar-refractivity contribution is 9.10. The molecule has 20 heavy (non-hydrogen) atoms. The predicted molar refractivity (Wildman–Crippen MR) is 86.8 cm³/mol. The summed E-state index contributed by atoms with van der Waals surface area (Å²) in [5.74, 6) is 0.745. The standard InChI is InChI=1S/C15H24BrN3O/c1-10-11(17)8-18-13(12(10)16)19-9-15(20)6-4-14(2,3)5-7-15/h8,20H,4-7,9,17H2,1-3H3,(H,18,19). The van der Waals surface area contributed by atoms with Crippen molar-refractivity contribution in [3.63, 3.8) is 0 Å². The van der Waals surface area contributed by atoms with Crippen LogP contribution in [0.3, 0.4) is 0 Å². The predicted octanol–water partition coefficient (Wildman–Crippen LogP) is 3.48. The van der Waals surface area contributed by atoms with Crippen LogP contribution >= 0.6 is 15.9 Å². The molecule has 1 saturated carbocycles. The average Bonchev–Trinajstić information content (AvgIpc) is 2.40. The summed E-state index contributed by atoms with van der Waals surface area (Å²) in [6.07, 6.45) is 5.43. The van der Waals surface area contributed by atoms with Gasteiger partial charge in [0.2, 0.25) is 0 Å². The largest absolute Gasteiger partial charge is 0.397 e. The Morgan fingerprint density at radius 2 is 1.95 bits per heavy atom. The second kappa shape index (κ2) is 5.53. The van der Waals surface area contributed by atoms with Gasteiger partial charge in [0.25, 0.3) is 0 Å². The Labute approximate surface area is 129 Å². The average molecular weight is 342 g/mol. The van der Waals surface area contributed by atoms with Gasteiger partial charge < -0.3 is 16.2 Å². The number of hydrogen-bond donors (Lipinski definition) is 3. The molecule has 4 nitrogen and oxygen atoms in total. The summed E-state index contributed by atoms with van der Waals surface area (Å²) in [6.45, 7) is 7.01. The van der Waals surface area contributed by atoms with Crippen molar-refractivity contribution in [3.05, 3.63) is 16.2 Å². The molecule has 1 aromatic heterocycles. The van der Waals surface area contributed by atoms with E-state index in [0.29, 0.717) is 17.6 Å². The number of aliphatic hydroxyl groups is 1. The van der Waals surface area contributed by atoms with E-state index in [2.05, 4.69) is 40.1 Å². The molecule has 0 saturated heterocycles. The number of rotatable bonds is 3. The van der Waals surface area contributed by atoms with Crippen LogP contribution in [-0.2, 0) is 0 Å². The van der Waals surface area contributed by atoms with Crippen LogP contribution in [0, 0.1) is 12.3 Å². The third-order valence-electron chi connectivity index (χ3n) is 4.42. The molecular weight excluding hydrogens is 318 g/mol. The fourth-order valence-corrected chi connectivity index (χ4v) is 3.00. The van der Waals surface area contributed by atoms with Crippen molar-refractivity contribution in [2.24, 2.45) is 5.41 Å². The lowest BCUT2D eigenvalue weighted by molar-refractivity contribution is -0.0146. The van der Waals surface area contributed by atoms with E-state index in [-0.39, 0.29) is 0 Å². The molecular formula is C15H24BrN3O. The Bertz CT molecular complexity index is 492. The molecule has 1 fully saturated rings. The molecule has 0 atom stereocenters. The first-order valence-electron chi connectivity index (χ1n) is 7.09. The maximum absolute atomic E-state index is 10.6. The maximum atomic E-state index is 10.6. The van der Waals surface area contributed by atoms with E-state index in [1.807, 2.05) is 6.92 Å². The molecule has 1 aliphatic carbocycles. The van der Waals surface area contributed by atoms with Gasteiger partial charge in [-0.1, -0.05) is 13.8 Å². The minimum absolute atomic E-state index is 0.350. The molecule has 0 aliphatic heterocycles. The van der Waals surface area contributed by atoms with Gasteiger partial charge in [0.05, 0.1) is 22.0 Å². The highest BCUT2D eigenvalue weighted by Crippen LogP contribution is 2.40. The lowest BCUT2D eigenvalue weighted by Gasteiger charge is -2.40. The van der Waals surface area contributed by atoms with Crippen LogP contribution in [-0.4, -0.2) is 22.2 Å². The van der Waals surface area contributed by atoms with Gasteiger partial charge in [0.15, 0.2) is 0 Å². The summed E-state index contributed by atoms with van der Waals surface area (Å²) in [5.41, 5.74) is 7.17. The molecule has 1 aromatic rings. The van der Waals surface area contributed by atoms with Gasteiger partial charge in [0.1, 0.15) is 5.82 Å². The van der Waals surface area contributed by atoms with Gasteiger partial charge in [-0.25, -0.2) is 4.98 Å². The second-order valence-electron chi connectivity index (χ2n) is 6.74. The van der Waals surface area contributed by atoms with E-state index < -0.39 is 5.60 Å². The second-order valence-corrected chi connectivity index (χ2v) is 7.54. The van der Waals surface area contributed by atoms with Gasteiger partial charge in [0, 0.05) is 6.54 Å². The molecule has 0 bridgehead atoms. The molecule has 0 radical (unpaired) electrons. The molecule has 5 heteroatoms. The van der Waals surface area contributed by atoms with Crippen molar-refractivity contribution in [1.82, 2.24) is 4.98 Å². The Morgan fingerprint density at radius 1 is 1.35 bits per heavy atom. The van der Waals surface area contributed by atoms with Crippen LogP contribution < -0.4 is 11.1 Å². The van der Waals surface area contributed by atoms with Crippen molar-refractivity contribution < 1.29 is 5.11 Å². The number of pyridine rings is 1. The molecule has 4 N–H and O–H groups in total. The van der Waals surface area contributed by atoms with Crippen molar-refractivity contribution in [1.29, 1.82) is 0 Å². The molecule has 112 valence electrons. The van der Waals surface area contributed by atoms with Crippen LogP contribution in [0.2, 0.25) is 0 Å². The van der Waals surface area contributed by atoms with Gasteiger partial charge in [-0.2, -0.15) is 0 Å². The Balaban J connectivity index is 2.01. The number of nitrogens with two attached hydrogens (primary N) is 1. The van der Waals surface area contributed by atoms with Crippen LogP contribution in [0.5, 0.6) is 0 Å². The summed E-state index contributed by atoms with van der Waals surface area (Å²) in [7, 11) is 0. The molecule has 0 unspecified atom stereocenters. The summed E-state index contributed by atoms with van der Waals surface area (Å²) in [5, 5.41) is 13.9. The molecule has 1 aliphatic rings. The summed E-state index contributed by atoms with van der Waals surface area (Å²) < 4.78 is 0.872. The number of nitrogens with zero attached hydrogens (tertiary/aromatic N) is 1. The highest BCUT2D eigenvalue weighted by Gasteiger charge is 2.36. The van der Waals surface area contributed by atoms with Crippen LogP contribution in [0.25, 0.3) is 0 Å². The Kier molecular flexibility index (Phi) is 4.30. The summed E-state index contributed by atoms with van der Waals surface area (Å²) in [4.78, 5) is 4.29. The quantitative estimate of drug-likeness (QED) is 0.786. The Morgan fingerprint density at radius 3 is 2.55 bits per heavy atom. The first kappa shape index (κ1) is 15.6. The monoisotopic (exact) mass is 341 g/mol. The number of hydrogen-bond acceptors (Lipinski definition) is 4. The highest BCUT2D eigenvalue weighted by atomic mass is 79.9. The number of aromatic nitrogens is 1.